The standard InChI is InChI=1S/C21H23N5O.ClH/c22-19-20(24-18-7-3-2-6-17(18)23-19)25-21(27)16-10-8-15(9-11-16)14-26-12-4-1-5-13-26;/h2-3,6-11H,1,4-5,12-14H2,(H2,22,23)(H,24,25,27);1H. The molecule has 0 radical (unpaired) electrons. The molecule has 0 unspecified atom stereocenters. The van der Waals surface area contributed by atoms with Crippen molar-refractivity contribution in [3.63, 3.8) is 0 Å². The SMILES string of the molecule is Cl.Nc1nc2ccccc2nc1NC(=O)c1ccc(CN2CCCCC2)cc1. The van der Waals surface area contributed by atoms with Crippen molar-refractivity contribution in [3.8, 4) is 0 Å². The molecule has 3 aromatic rings. The lowest BCUT2D eigenvalue weighted by molar-refractivity contribution is 0.102. The third-order valence-corrected chi connectivity index (χ3v) is 4.90. The summed E-state index contributed by atoms with van der Waals surface area (Å²) in [6, 6.07) is 15.1. The molecule has 1 aliphatic rings. The van der Waals surface area contributed by atoms with Gasteiger partial charge >= 0.3 is 0 Å². The normalized spacial score (nSPS) is 14.4. The first-order valence-corrected chi connectivity index (χ1v) is 9.34. The second-order valence-electron chi connectivity index (χ2n) is 6.93. The van der Waals surface area contributed by atoms with Crippen LogP contribution in [0.1, 0.15) is 35.2 Å². The van der Waals surface area contributed by atoms with Crippen LogP contribution in [0.5, 0.6) is 0 Å². The van der Waals surface area contributed by atoms with Crippen LogP contribution in [-0.2, 0) is 6.54 Å². The molecule has 0 spiro atoms. The predicted octanol–water partition coefficient (Wildman–Crippen LogP) is 3.87. The Hall–Kier alpha value is -2.70. The van der Waals surface area contributed by atoms with Crippen molar-refractivity contribution in [1.82, 2.24) is 14.9 Å². The van der Waals surface area contributed by atoms with Crippen LogP contribution in [0.15, 0.2) is 48.5 Å². The van der Waals surface area contributed by atoms with Crippen molar-refractivity contribution in [2.75, 3.05) is 24.1 Å². The van der Waals surface area contributed by atoms with Gasteiger partial charge in [0.1, 0.15) is 0 Å². The minimum Gasteiger partial charge on any atom is -0.381 e. The van der Waals surface area contributed by atoms with Crippen LogP contribution in [0.4, 0.5) is 11.6 Å². The highest BCUT2D eigenvalue weighted by Crippen LogP contribution is 2.19. The van der Waals surface area contributed by atoms with Crippen LogP contribution >= 0.6 is 12.4 Å². The quantitative estimate of drug-likeness (QED) is 0.698. The molecule has 0 bridgehead atoms. The summed E-state index contributed by atoms with van der Waals surface area (Å²) in [5.74, 6) is 0.260. The topological polar surface area (TPSA) is 84.1 Å². The zero-order chi connectivity index (χ0) is 18.6. The number of likely N-dealkylation sites (tertiary alicyclic amines) is 1. The molecule has 1 aliphatic heterocycles. The Balaban J connectivity index is 0.00000225. The van der Waals surface area contributed by atoms with Gasteiger partial charge in [0.2, 0.25) is 0 Å². The van der Waals surface area contributed by atoms with E-state index in [1.807, 2.05) is 48.5 Å². The molecule has 0 atom stereocenters. The number of anilines is 2. The molecule has 7 heteroatoms. The Morgan fingerprint density at radius 3 is 2.29 bits per heavy atom. The summed E-state index contributed by atoms with van der Waals surface area (Å²) in [7, 11) is 0. The van der Waals surface area contributed by atoms with E-state index in [0.29, 0.717) is 16.6 Å². The Morgan fingerprint density at radius 2 is 1.61 bits per heavy atom. The summed E-state index contributed by atoms with van der Waals surface area (Å²) >= 11 is 0. The van der Waals surface area contributed by atoms with Crippen molar-refractivity contribution in [2.45, 2.75) is 25.8 Å². The molecule has 1 aromatic heterocycles. The van der Waals surface area contributed by atoms with Crippen molar-refractivity contribution >= 4 is 41.0 Å². The van der Waals surface area contributed by atoms with Gasteiger partial charge in [-0.05, 0) is 55.8 Å². The second kappa shape index (κ2) is 8.99. The molecule has 6 nitrogen and oxygen atoms in total. The molecule has 1 amide bonds. The summed E-state index contributed by atoms with van der Waals surface area (Å²) in [6.45, 7) is 3.25. The highest BCUT2D eigenvalue weighted by atomic mass is 35.5. The second-order valence-corrected chi connectivity index (χ2v) is 6.93. The number of benzene rings is 2. The molecule has 0 aliphatic carbocycles. The smallest absolute Gasteiger partial charge is 0.256 e. The number of nitrogens with two attached hydrogens (primary N) is 1. The van der Waals surface area contributed by atoms with E-state index < -0.39 is 0 Å². The number of hydrogen-bond acceptors (Lipinski definition) is 5. The number of amides is 1. The minimum absolute atomic E-state index is 0. The van der Waals surface area contributed by atoms with Crippen LogP contribution in [0, 0.1) is 0 Å². The lowest BCUT2D eigenvalue weighted by Gasteiger charge is -2.26. The van der Waals surface area contributed by atoms with Crippen molar-refractivity contribution in [3.05, 3.63) is 59.7 Å². The van der Waals surface area contributed by atoms with Crippen LogP contribution in [0.2, 0.25) is 0 Å². The predicted molar refractivity (Wildman–Crippen MR) is 115 cm³/mol. The average molecular weight is 398 g/mol. The Labute approximate surface area is 170 Å². The molecule has 3 N–H and O–H groups in total. The zero-order valence-corrected chi connectivity index (χ0v) is 16.4. The molecule has 2 heterocycles. The van der Waals surface area contributed by atoms with E-state index >= 15 is 0 Å². The first-order chi connectivity index (χ1) is 13.2. The highest BCUT2D eigenvalue weighted by molar-refractivity contribution is 6.05. The minimum atomic E-state index is -0.240. The molecule has 0 saturated carbocycles. The molecule has 1 saturated heterocycles. The van der Waals surface area contributed by atoms with Gasteiger partial charge in [-0.15, -0.1) is 12.4 Å². The average Bonchev–Trinajstić information content (AvgIpc) is 2.70. The van der Waals surface area contributed by atoms with E-state index in [1.54, 1.807) is 0 Å². The highest BCUT2D eigenvalue weighted by Gasteiger charge is 2.13. The van der Waals surface area contributed by atoms with Gasteiger partial charge in [0.25, 0.3) is 5.91 Å². The first kappa shape index (κ1) is 20.0. The lowest BCUT2D eigenvalue weighted by Crippen LogP contribution is -2.29. The molecule has 28 heavy (non-hydrogen) atoms. The van der Waals surface area contributed by atoms with Crippen molar-refractivity contribution in [2.24, 2.45) is 0 Å². The van der Waals surface area contributed by atoms with Gasteiger partial charge in [-0.3, -0.25) is 9.69 Å². The van der Waals surface area contributed by atoms with Gasteiger partial charge in [0.15, 0.2) is 11.6 Å². The number of aromatic nitrogens is 2. The maximum atomic E-state index is 12.6. The number of rotatable bonds is 4. The molecule has 146 valence electrons. The lowest BCUT2D eigenvalue weighted by atomic mass is 10.1. The van der Waals surface area contributed by atoms with Gasteiger partial charge in [-0.25, -0.2) is 9.97 Å². The monoisotopic (exact) mass is 397 g/mol. The first-order valence-electron chi connectivity index (χ1n) is 9.34. The Morgan fingerprint density at radius 1 is 0.964 bits per heavy atom. The molecule has 2 aromatic carbocycles. The van der Waals surface area contributed by atoms with E-state index in [-0.39, 0.29) is 29.9 Å². The van der Waals surface area contributed by atoms with Crippen LogP contribution in [0.25, 0.3) is 11.0 Å². The number of nitrogens with zero attached hydrogens (tertiary/aromatic N) is 3. The number of halogens is 1. The van der Waals surface area contributed by atoms with Gasteiger partial charge in [-0.2, -0.15) is 0 Å². The molecular formula is C21H24ClN5O. The van der Waals surface area contributed by atoms with Crippen molar-refractivity contribution in [1.29, 1.82) is 0 Å². The van der Waals surface area contributed by atoms with Gasteiger partial charge in [0, 0.05) is 12.1 Å². The van der Waals surface area contributed by atoms with Gasteiger partial charge < -0.3 is 11.1 Å². The largest absolute Gasteiger partial charge is 0.381 e. The fourth-order valence-electron chi connectivity index (χ4n) is 3.42. The zero-order valence-electron chi connectivity index (χ0n) is 15.6. The van der Waals surface area contributed by atoms with E-state index in [9.17, 15) is 4.79 Å². The van der Waals surface area contributed by atoms with Crippen molar-refractivity contribution < 1.29 is 4.79 Å². The summed E-state index contributed by atoms with van der Waals surface area (Å²) in [4.78, 5) is 23.7. The number of nitrogen functional groups attached to an aromatic ring is 1. The van der Waals surface area contributed by atoms with Crippen LogP contribution in [0.3, 0.4) is 0 Å². The van der Waals surface area contributed by atoms with Gasteiger partial charge in [0.05, 0.1) is 11.0 Å². The van der Waals surface area contributed by atoms with E-state index in [4.69, 9.17) is 5.73 Å². The summed E-state index contributed by atoms with van der Waals surface area (Å²) < 4.78 is 0. The summed E-state index contributed by atoms with van der Waals surface area (Å²) in [5.41, 5.74) is 9.14. The van der Waals surface area contributed by atoms with E-state index in [1.165, 1.54) is 24.8 Å². The maximum absolute atomic E-state index is 12.6. The Kier molecular flexibility index (Phi) is 6.44. The van der Waals surface area contributed by atoms with E-state index in [2.05, 4.69) is 20.2 Å². The maximum Gasteiger partial charge on any atom is 0.256 e. The number of piperidine rings is 1. The summed E-state index contributed by atoms with van der Waals surface area (Å²) in [5, 5.41) is 2.77. The number of carbonyl (C=O) groups excluding carboxylic acids is 1. The third-order valence-electron chi connectivity index (χ3n) is 4.90. The Bertz CT molecular complexity index is 955. The summed E-state index contributed by atoms with van der Waals surface area (Å²) in [6.07, 6.45) is 3.87. The number of hydrogen-bond donors (Lipinski definition) is 2. The fourth-order valence-corrected chi connectivity index (χ4v) is 3.42. The number of carbonyl (C=O) groups is 1. The molecular weight excluding hydrogens is 374 g/mol. The fraction of sp³-hybridized carbons (Fsp3) is 0.286. The molecule has 4 rings (SSSR count). The third kappa shape index (κ3) is 4.58. The van der Waals surface area contributed by atoms with E-state index in [0.717, 1.165) is 19.6 Å². The molecule has 1 fully saturated rings. The van der Waals surface area contributed by atoms with Crippen LogP contribution in [-0.4, -0.2) is 33.9 Å². The number of fused-ring (bicyclic) bond motifs is 1. The van der Waals surface area contributed by atoms with Crippen LogP contribution < -0.4 is 11.1 Å². The van der Waals surface area contributed by atoms with Gasteiger partial charge in [-0.1, -0.05) is 30.7 Å². The number of para-hydroxylation sites is 2. The number of nitrogens with one attached hydrogen (secondary N) is 1.